The molecule has 3 rings (SSSR count). The minimum atomic E-state index is -0.455. The summed E-state index contributed by atoms with van der Waals surface area (Å²) in [7, 11) is 1.33. The van der Waals surface area contributed by atoms with E-state index in [-0.39, 0.29) is 48.6 Å². The molecule has 0 heterocycles. The molecule has 1 aromatic carbocycles. The van der Waals surface area contributed by atoms with E-state index in [0.29, 0.717) is 59.2 Å². The van der Waals surface area contributed by atoms with Crippen LogP contribution in [0.2, 0.25) is 0 Å². The smallest absolute Gasteiger partial charge is 0.333 e. The van der Waals surface area contributed by atoms with Gasteiger partial charge in [-0.1, -0.05) is 123 Å². The molecule has 11 nitrogen and oxygen atoms in total. The number of carbonyl (C=O) groups is 5. The van der Waals surface area contributed by atoms with Gasteiger partial charge < -0.3 is 28.8 Å². The van der Waals surface area contributed by atoms with Crippen LogP contribution in [0.4, 0.5) is 0 Å². The van der Waals surface area contributed by atoms with Crippen LogP contribution >= 0.6 is 0 Å². The summed E-state index contributed by atoms with van der Waals surface area (Å²) < 4.78 is 24.1. The van der Waals surface area contributed by atoms with E-state index in [1.807, 2.05) is 63.3 Å². The van der Waals surface area contributed by atoms with Crippen LogP contribution in [-0.2, 0) is 47.7 Å². The summed E-state index contributed by atoms with van der Waals surface area (Å²) >= 11 is 0. The largest absolute Gasteiger partial charge is 0.466 e. The molecule has 2 aliphatic rings. The third kappa shape index (κ3) is 22.6. The first-order valence-corrected chi connectivity index (χ1v) is 19.9. The highest BCUT2D eigenvalue weighted by Crippen LogP contribution is 2.66. The maximum absolute atomic E-state index is 11.6. The molecule has 0 amide bonds. The SMILES string of the molecule is C=C(C)C(=O)OC.C=C(C)C(=O)OC1CC2CCC1(C)C2(C)C.C=C(C)C(=O)OCCO.C=C(CC=Cc1ccccc1)C(=O)OCC(C)C.C=CC(=O)OCCCC. The summed E-state index contributed by atoms with van der Waals surface area (Å²) in [5.74, 6) is -0.606. The molecule has 2 aliphatic carbocycles. The van der Waals surface area contributed by atoms with Crippen LogP contribution in [0.25, 0.3) is 6.08 Å². The summed E-state index contributed by atoms with van der Waals surface area (Å²) in [6, 6.07) is 9.95. The van der Waals surface area contributed by atoms with Crippen molar-refractivity contribution in [3.63, 3.8) is 0 Å². The second-order valence-electron chi connectivity index (χ2n) is 15.5. The van der Waals surface area contributed by atoms with E-state index in [0.717, 1.165) is 24.8 Å². The number of fused-ring (bicyclic) bond motifs is 2. The minimum Gasteiger partial charge on any atom is -0.466 e. The Morgan fingerprint density at radius 3 is 1.83 bits per heavy atom. The third-order valence-corrected chi connectivity index (χ3v) is 9.74. The molecule has 59 heavy (non-hydrogen) atoms. The first-order chi connectivity index (χ1) is 27.5. The molecule has 0 spiro atoms. The van der Waals surface area contributed by atoms with Crippen LogP contribution in [0, 0.1) is 22.7 Å². The number of aliphatic hydroxyl groups excluding tert-OH is 1. The van der Waals surface area contributed by atoms with Gasteiger partial charge in [-0.3, -0.25) is 0 Å². The number of carbonyl (C=O) groups excluding carboxylic acids is 5. The van der Waals surface area contributed by atoms with Gasteiger partial charge in [-0.05, 0) is 75.7 Å². The summed E-state index contributed by atoms with van der Waals surface area (Å²) in [5, 5.41) is 8.19. The van der Waals surface area contributed by atoms with Crippen LogP contribution < -0.4 is 0 Å². The predicted octanol–water partition coefficient (Wildman–Crippen LogP) is 9.52. The fraction of sp³-hybridized carbons (Fsp3) is 0.521. The van der Waals surface area contributed by atoms with Crippen molar-refractivity contribution in [3.8, 4) is 0 Å². The van der Waals surface area contributed by atoms with Gasteiger partial charge in [0.25, 0.3) is 0 Å². The van der Waals surface area contributed by atoms with Crippen molar-refractivity contribution in [3.05, 3.63) is 103 Å². The molecule has 3 unspecified atom stereocenters. The Morgan fingerprint density at radius 1 is 0.847 bits per heavy atom. The number of methoxy groups -OCH3 is 1. The molecule has 3 atom stereocenters. The van der Waals surface area contributed by atoms with Gasteiger partial charge in [0.15, 0.2) is 0 Å². The molecular formula is C48H72O11. The molecule has 0 aromatic heterocycles. The van der Waals surface area contributed by atoms with E-state index in [1.165, 1.54) is 26.0 Å². The standard InChI is InChI=1S/C16H20O2.C14H22O2.C7H12O2.C6H10O3.C5H8O2/c1-13(2)12-18-16(17)14(3)8-7-11-15-9-5-4-6-10-15;1-9(2)12(15)16-11-8-10-6-7-14(11,5)13(10,3)4;1-3-5-6-9-7(8)4-2;1-5(2)6(8)9-4-3-7;1-4(2)5(6)7-3/h4-7,9-11,13H,3,8,12H2,1-2H3;10-11H,1,6-8H2,2-5H3;4H,2-3,5-6H2,1H3;7H,1,3-4H2,2H3;1H2,2-3H3. The van der Waals surface area contributed by atoms with Gasteiger partial charge in [0.1, 0.15) is 12.7 Å². The zero-order valence-electron chi connectivity index (χ0n) is 37.5. The van der Waals surface area contributed by atoms with E-state index >= 15 is 0 Å². The lowest BCUT2D eigenvalue weighted by Gasteiger charge is -2.38. The summed E-state index contributed by atoms with van der Waals surface area (Å²) in [4.78, 5) is 54.1. The molecule has 2 fully saturated rings. The third-order valence-electron chi connectivity index (χ3n) is 9.74. The van der Waals surface area contributed by atoms with E-state index < -0.39 is 5.97 Å². The van der Waals surface area contributed by atoms with Crippen molar-refractivity contribution >= 4 is 35.9 Å². The van der Waals surface area contributed by atoms with Gasteiger partial charge >= 0.3 is 29.8 Å². The number of allylic oxidation sites excluding steroid dienone is 1. The Labute approximate surface area is 354 Å². The maximum atomic E-state index is 11.6. The molecule has 1 aromatic rings. The lowest BCUT2D eigenvalue weighted by Crippen LogP contribution is -2.38. The average molecular weight is 825 g/mol. The number of benzene rings is 1. The highest BCUT2D eigenvalue weighted by molar-refractivity contribution is 5.88. The number of unbranched alkanes of at least 4 members (excludes halogenated alkanes) is 1. The molecule has 2 bridgehead atoms. The predicted molar refractivity (Wildman–Crippen MR) is 235 cm³/mol. The first kappa shape index (κ1) is 56.1. The van der Waals surface area contributed by atoms with Crippen molar-refractivity contribution in [2.45, 2.75) is 107 Å². The quantitative estimate of drug-likeness (QED) is 0.0735. The van der Waals surface area contributed by atoms with E-state index in [4.69, 9.17) is 14.6 Å². The van der Waals surface area contributed by atoms with Crippen molar-refractivity contribution in [2.24, 2.45) is 22.7 Å². The van der Waals surface area contributed by atoms with Crippen molar-refractivity contribution in [2.75, 3.05) is 33.5 Å². The number of ether oxygens (including phenoxy) is 5. The Kier molecular flexibility index (Phi) is 28.6. The highest BCUT2D eigenvalue weighted by atomic mass is 16.6. The minimum absolute atomic E-state index is 0.0473. The molecule has 2 saturated carbocycles. The second kappa shape index (κ2) is 30.1. The maximum Gasteiger partial charge on any atom is 0.333 e. The Balaban J connectivity index is 0. The fourth-order valence-corrected chi connectivity index (χ4v) is 5.68. The van der Waals surface area contributed by atoms with Gasteiger partial charge in [-0.15, -0.1) is 0 Å². The summed E-state index contributed by atoms with van der Waals surface area (Å²) in [6.07, 6.45) is 11.2. The molecule has 1 N–H and O–H groups in total. The molecule has 0 saturated heterocycles. The van der Waals surface area contributed by atoms with Crippen LogP contribution in [-0.4, -0.2) is 74.6 Å². The fourth-order valence-electron chi connectivity index (χ4n) is 5.68. The summed E-state index contributed by atoms with van der Waals surface area (Å²) in [6.45, 7) is 36.1. The van der Waals surface area contributed by atoms with Crippen LogP contribution in [0.1, 0.15) is 106 Å². The lowest BCUT2D eigenvalue weighted by atomic mass is 9.70. The molecular weight excluding hydrogens is 753 g/mol. The number of esters is 5. The van der Waals surface area contributed by atoms with Crippen molar-refractivity contribution < 1.29 is 52.8 Å². The number of aliphatic hydroxyl groups is 1. The average Bonchev–Trinajstić information content (AvgIpc) is 3.53. The Hall–Kier alpha value is -5.03. The lowest BCUT2D eigenvalue weighted by molar-refractivity contribution is -0.152. The molecule has 0 radical (unpaired) electrons. The summed E-state index contributed by atoms with van der Waals surface area (Å²) in [5.41, 5.74) is 3.34. The number of hydrogen-bond donors (Lipinski definition) is 1. The van der Waals surface area contributed by atoms with Gasteiger partial charge in [0, 0.05) is 33.8 Å². The van der Waals surface area contributed by atoms with Crippen molar-refractivity contribution in [1.82, 2.24) is 0 Å². The van der Waals surface area contributed by atoms with Crippen LogP contribution in [0.3, 0.4) is 0 Å². The number of rotatable bonds is 16. The second-order valence-corrected chi connectivity index (χ2v) is 15.5. The van der Waals surface area contributed by atoms with Crippen molar-refractivity contribution in [1.29, 1.82) is 0 Å². The topological polar surface area (TPSA) is 152 Å². The molecule has 11 heteroatoms. The molecule has 0 aliphatic heterocycles. The normalized spacial score (nSPS) is 17.6. The zero-order valence-corrected chi connectivity index (χ0v) is 37.5. The Bertz CT molecular complexity index is 1570. The first-order valence-electron chi connectivity index (χ1n) is 19.9. The van der Waals surface area contributed by atoms with Crippen LogP contribution in [0.5, 0.6) is 0 Å². The van der Waals surface area contributed by atoms with E-state index in [9.17, 15) is 24.0 Å². The van der Waals surface area contributed by atoms with Gasteiger partial charge in [0.2, 0.25) is 0 Å². The molecule has 330 valence electrons. The Morgan fingerprint density at radius 2 is 1.42 bits per heavy atom. The number of hydrogen-bond acceptors (Lipinski definition) is 11. The zero-order chi connectivity index (χ0) is 45.8. The van der Waals surface area contributed by atoms with E-state index in [2.05, 4.69) is 67.9 Å². The highest BCUT2D eigenvalue weighted by Gasteiger charge is 2.62. The monoisotopic (exact) mass is 825 g/mol. The van der Waals surface area contributed by atoms with Gasteiger partial charge in [-0.25, -0.2) is 24.0 Å². The van der Waals surface area contributed by atoms with Gasteiger partial charge in [-0.2, -0.15) is 0 Å². The van der Waals surface area contributed by atoms with Gasteiger partial charge in [0.05, 0.1) is 26.9 Å². The van der Waals surface area contributed by atoms with E-state index in [1.54, 1.807) is 20.8 Å². The van der Waals surface area contributed by atoms with Crippen LogP contribution in [0.15, 0.2) is 97.7 Å².